The van der Waals surface area contributed by atoms with E-state index in [0.717, 1.165) is 18.5 Å². The first-order valence-corrected chi connectivity index (χ1v) is 6.83. The zero-order valence-electron chi connectivity index (χ0n) is 11.6. The van der Waals surface area contributed by atoms with E-state index in [9.17, 15) is 9.90 Å². The number of carbonyl (C=O) groups is 1. The number of aromatic nitrogens is 2. The average molecular weight is 284 g/mol. The number of phenols is 1. The smallest absolute Gasteiger partial charge is 0.291 e. The van der Waals surface area contributed by atoms with E-state index in [1.807, 2.05) is 0 Å². The van der Waals surface area contributed by atoms with Crippen LogP contribution in [0.25, 0.3) is 0 Å². The number of para-hydroxylation sites is 1. The molecule has 2 aromatic rings. The normalized spacial score (nSPS) is 15.0. The summed E-state index contributed by atoms with van der Waals surface area (Å²) in [5.41, 5.74) is 4.89. The van der Waals surface area contributed by atoms with Gasteiger partial charge in [-0.1, -0.05) is 12.1 Å². The fourth-order valence-corrected chi connectivity index (χ4v) is 2.09. The topological polar surface area (TPSA) is 90.4 Å². The van der Waals surface area contributed by atoms with Crippen LogP contribution < -0.4 is 5.43 Å². The molecule has 1 aliphatic rings. The molecule has 0 saturated heterocycles. The number of hydrazone groups is 1. The van der Waals surface area contributed by atoms with Crippen LogP contribution in [-0.4, -0.2) is 26.9 Å². The number of carbonyl (C=O) groups excluding carboxylic acids is 1. The van der Waals surface area contributed by atoms with Crippen molar-refractivity contribution in [1.29, 1.82) is 0 Å². The van der Waals surface area contributed by atoms with Crippen LogP contribution in [-0.2, 0) is 0 Å². The van der Waals surface area contributed by atoms with Crippen molar-refractivity contribution in [1.82, 2.24) is 15.6 Å². The number of amides is 1. The maximum atomic E-state index is 12.0. The number of hydrogen-bond donors (Lipinski definition) is 3. The lowest BCUT2D eigenvalue weighted by molar-refractivity contribution is 0.0950. The summed E-state index contributed by atoms with van der Waals surface area (Å²) < 4.78 is 0. The van der Waals surface area contributed by atoms with Crippen LogP contribution in [0.4, 0.5) is 0 Å². The molecule has 0 unspecified atom stereocenters. The third kappa shape index (κ3) is 2.94. The van der Waals surface area contributed by atoms with E-state index in [0.29, 0.717) is 22.9 Å². The molecule has 3 N–H and O–H groups in total. The number of benzene rings is 1. The van der Waals surface area contributed by atoms with Crippen molar-refractivity contribution in [3.63, 3.8) is 0 Å². The molecule has 0 bridgehead atoms. The third-order valence-electron chi connectivity index (χ3n) is 3.47. The molecule has 1 amide bonds. The van der Waals surface area contributed by atoms with E-state index in [2.05, 4.69) is 20.7 Å². The maximum Gasteiger partial charge on any atom is 0.291 e. The maximum absolute atomic E-state index is 12.0. The van der Waals surface area contributed by atoms with Gasteiger partial charge in [0, 0.05) is 17.2 Å². The van der Waals surface area contributed by atoms with Gasteiger partial charge in [0.05, 0.1) is 5.71 Å². The van der Waals surface area contributed by atoms with Gasteiger partial charge >= 0.3 is 0 Å². The van der Waals surface area contributed by atoms with Gasteiger partial charge < -0.3 is 5.11 Å². The summed E-state index contributed by atoms with van der Waals surface area (Å²) in [6.07, 6.45) is 2.29. The second kappa shape index (κ2) is 5.40. The number of rotatable bonds is 4. The molecular formula is C15H16N4O2. The van der Waals surface area contributed by atoms with E-state index >= 15 is 0 Å². The number of hydrogen-bond acceptors (Lipinski definition) is 4. The monoisotopic (exact) mass is 284 g/mol. The van der Waals surface area contributed by atoms with E-state index in [-0.39, 0.29) is 11.7 Å². The SMILES string of the molecule is C/C(=N/NC(=O)c1cc(C2CC2)[nH]n1)c1ccccc1O. The molecule has 21 heavy (non-hydrogen) atoms. The highest BCUT2D eigenvalue weighted by atomic mass is 16.3. The number of aromatic amines is 1. The van der Waals surface area contributed by atoms with Crippen molar-refractivity contribution in [3.8, 4) is 5.75 Å². The number of H-pyrrole nitrogens is 1. The summed E-state index contributed by atoms with van der Waals surface area (Å²) in [7, 11) is 0. The van der Waals surface area contributed by atoms with Gasteiger partial charge in [0.2, 0.25) is 0 Å². The van der Waals surface area contributed by atoms with Gasteiger partial charge in [-0.05, 0) is 38.0 Å². The zero-order chi connectivity index (χ0) is 14.8. The molecular weight excluding hydrogens is 268 g/mol. The number of nitrogens with one attached hydrogen (secondary N) is 2. The summed E-state index contributed by atoms with van der Waals surface area (Å²) in [6.45, 7) is 1.72. The fraction of sp³-hybridized carbons (Fsp3) is 0.267. The zero-order valence-corrected chi connectivity index (χ0v) is 11.6. The lowest BCUT2D eigenvalue weighted by Crippen LogP contribution is -2.19. The Morgan fingerprint density at radius 1 is 1.43 bits per heavy atom. The first-order valence-electron chi connectivity index (χ1n) is 6.83. The molecule has 1 aromatic carbocycles. The first kappa shape index (κ1) is 13.4. The number of nitrogens with zero attached hydrogens (tertiary/aromatic N) is 2. The lowest BCUT2D eigenvalue weighted by atomic mass is 10.1. The molecule has 0 spiro atoms. The second-order valence-electron chi connectivity index (χ2n) is 5.14. The van der Waals surface area contributed by atoms with Gasteiger partial charge in [-0.3, -0.25) is 9.89 Å². The Morgan fingerprint density at radius 2 is 2.19 bits per heavy atom. The molecule has 1 heterocycles. The van der Waals surface area contributed by atoms with Crippen molar-refractivity contribution in [2.45, 2.75) is 25.7 Å². The highest BCUT2D eigenvalue weighted by molar-refractivity contribution is 6.02. The third-order valence-corrected chi connectivity index (χ3v) is 3.47. The average Bonchev–Trinajstić information content (AvgIpc) is 3.22. The predicted octanol–water partition coefficient (Wildman–Crippen LogP) is 2.15. The molecule has 1 fully saturated rings. The molecule has 108 valence electrons. The summed E-state index contributed by atoms with van der Waals surface area (Å²) in [5, 5.41) is 20.6. The van der Waals surface area contributed by atoms with Crippen LogP contribution in [0, 0.1) is 0 Å². The van der Waals surface area contributed by atoms with Gasteiger partial charge in [-0.15, -0.1) is 0 Å². The molecule has 0 atom stereocenters. The standard InChI is InChI=1S/C15H16N4O2/c1-9(11-4-2-3-5-14(11)20)16-19-15(21)13-8-12(17-18-13)10-6-7-10/h2-5,8,10,20H,6-7H2,1H3,(H,17,18)(H,19,21)/b16-9-. The van der Waals surface area contributed by atoms with Gasteiger partial charge in [-0.2, -0.15) is 10.2 Å². The van der Waals surface area contributed by atoms with Crippen molar-refractivity contribution in [3.05, 3.63) is 47.3 Å². The Balaban J connectivity index is 1.69. The Bertz CT molecular complexity index is 701. The minimum Gasteiger partial charge on any atom is -0.507 e. The number of aromatic hydroxyl groups is 1. The molecule has 1 saturated carbocycles. The predicted molar refractivity (Wildman–Crippen MR) is 78.3 cm³/mol. The fourth-order valence-electron chi connectivity index (χ4n) is 2.09. The molecule has 1 aromatic heterocycles. The number of phenolic OH excluding ortho intramolecular Hbond substituents is 1. The van der Waals surface area contributed by atoms with Crippen molar-refractivity contribution in [2.24, 2.45) is 5.10 Å². The second-order valence-corrected chi connectivity index (χ2v) is 5.14. The quantitative estimate of drug-likeness (QED) is 0.593. The van der Waals surface area contributed by atoms with Crippen molar-refractivity contribution < 1.29 is 9.90 Å². The Kier molecular flexibility index (Phi) is 3.43. The Labute approximate surface area is 121 Å². The van der Waals surface area contributed by atoms with Crippen LogP contribution in [0.3, 0.4) is 0 Å². The van der Waals surface area contributed by atoms with E-state index < -0.39 is 0 Å². The first-order chi connectivity index (χ1) is 10.1. The molecule has 1 aliphatic carbocycles. The molecule has 3 rings (SSSR count). The van der Waals surface area contributed by atoms with Gasteiger partial charge in [0.15, 0.2) is 5.69 Å². The minimum atomic E-state index is -0.368. The van der Waals surface area contributed by atoms with Gasteiger partial charge in [0.1, 0.15) is 5.75 Å². The molecule has 0 aliphatic heterocycles. The minimum absolute atomic E-state index is 0.129. The van der Waals surface area contributed by atoms with Gasteiger partial charge in [0.25, 0.3) is 5.91 Å². The molecule has 6 heteroatoms. The Hall–Kier alpha value is -2.63. The van der Waals surface area contributed by atoms with Crippen LogP contribution >= 0.6 is 0 Å². The summed E-state index contributed by atoms with van der Waals surface area (Å²) in [5.74, 6) is 0.280. The van der Waals surface area contributed by atoms with Crippen LogP contribution in [0.5, 0.6) is 5.75 Å². The van der Waals surface area contributed by atoms with E-state index in [4.69, 9.17) is 0 Å². The summed E-state index contributed by atoms with van der Waals surface area (Å²) in [4.78, 5) is 12.0. The van der Waals surface area contributed by atoms with Crippen LogP contribution in [0.1, 0.15) is 47.4 Å². The Morgan fingerprint density at radius 3 is 2.90 bits per heavy atom. The van der Waals surface area contributed by atoms with E-state index in [1.165, 1.54) is 0 Å². The largest absolute Gasteiger partial charge is 0.507 e. The summed E-state index contributed by atoms with van der Waals surface area (Å²) in [6, 6.07) is 8.60. The molecule has 6 nitrogen and oxygen atoms in total. The van der Waals surface area contributed by atoms with Crippen LogP contribution in [0.15, 0.2) is 35.4 Å². The van der Waals surface area contributed by atoms with Crippen LogP contribution in [0.2, 0.25) is 0 Å². The highest BCUT2D eigenvalue weighted by Gasteiger charge is 2.26. The van der Waals surface area contributed by atoms with Gasteiger partial charge in [-0.25, -0.2) is 5.43 Å². The highest BCUT2D eigenvalue weighted by Crippen LogP contribution is 2.38. The lowest BCUT2D eigenvalue weighted by Gasteiger charge is -2.03. The molecule has 0 radical (unpaired) electrons. The van der Waals surface area contributed by atoms with E-state index in [1.54, 1.807) is 37.3 Å². The van der Waals surface area contributed by atoms with Crippen molar-refractivity contribution in [2.75, 3.05) is 0 Å². The van der Waals surface area contributed by atoms with Crippen molar-refractivity contribution >= 4 is 11.6 Å². The summed E-state index contributed by atoms with van der Waals surface area (Å²) >= 11 is 0.